The molecule has 0 aromatic carbocycles. The largest absolute Gasteiger partial charge is 0.390 e. The third kappa shape index (κ3) is 8.26. The first-order valence-corrected chi connectivity index (χ1v) is 9.00. The molecule has 1 aliphatic rings. The standard InChI is InChI=1S/C18H36O2/c1-3-4-5-6-7-8-9-10-11-12-13-17(19)18(20-2)16-14-15-16/h16-19H,3-15H2,1-2H3. The van der Waals surface area contributed by atoms with Gasteiger partial charge in [0.1, 0.15) is 0 Å². The second-order valence-electron chi connectivity index (χ2n) is 6.58. The lowest BCUT2D eigenvalue weighted by Gasteiger charge is -2.21. The van der Waals surface area contributed by atoms with Gasteiger partial charge in [-0.3, -0.25) is 0 Å². The van der Waals surface area contributed by atoms with Crippen molar-refractivity contribution in [1.82, 2.24) is 0 Å². The molecule has 2 unspecified atom stereocenters. The molecule has 0 radical (unpaired) electrons. The molecule has 0 aliphatic heterocycles. The Bertz CT molecular complexity index is 213. The fourth-order valence-corrected chi connectivity index (χ4v) is 3.09. The van der Waals surface area contributed by atoms with Crippen molar-refractivity contribution in [2.45, 2.75) is 103 Å². The normalized spacial score (nSPS) is 18.1. The van der Waals surface area contributed by atoms with Crippen LogP contribution in [0.2, 0.25) is 0 Å². The summed E-state index contributed by atoms with van der Waals surface area (Å²) < 4.78 is 5.43. The first-order chi connectivity index (χ1) is 9.79. The fourth-order valence-electron chi connectivity index (χ4n) is 3.09. The van der Waals surface area contributed by atoms with Crippen molar-refractivity contribution in [1.29, 1.82) is 0 Å². The molecular formula is C18H36O2. The molecule has 0 aromatic rings. The summed E-state index contributed by atoms with van der Waals surface area (Å²) in [5, 5.41) is 10.1. The van der Waals surface area contributed by atoms with Crippen molar-refractivity contribution in [3.05, 3.63) is 0 Å². The van der Waals surface area contributed by atoms with Gasteiger partial charge in [-0.05, 0) is 25.2 Å². The van der Waals surface area contributed by atoms with Crippen molar-refractivity contribution in [2.24, 2.45) is 5.92 Å². The molecule has 2 atom stereocenters. The van der Waals surface area contributed by atoms with Crippen molar-refractivity contribution in [3.63, 3.8) is 0 Å². The minimum atomic E-state index is -0.235. The summed E-state index contributed by atoms with van der Waals surface area (Å²) >= 11 is 0. The minimum Gasteiger partial charge on any atom is -0.390 e. The van der Waals surface area contributed by atoms with E-state index in [2.05, 4.69) is 6.92 Å². The van der Waals surface area contributed by atoms with Gasteiger partial charge >= 0.3 is 0 Å². The lowest BCUT2D eigenvalue weighted by Crippen LogP contribution is -2.29. The van der Waals surface area contributed by atoms with Gasteiger partial charge in [-0.15, -0.1) is 0 Å². The highest BCUT2D eigenvalue weighted by molar-refractivity contribution is 4.86. The van der Waals surface area contributed by atoms with Crippen LogP contribution in [0.5, 0.6) is 0 Å². The van der Waals surface area contributed by atoms with Gasteiger partial charge in [-0.1, -0.05) is 71.1 Å². The number of aliphatic hydroxyl groups is 1. The molecule has 0 saturated heterocycles. The van der Waals surface area contributed by atoms with E-state index in [1.807, 2.05) is 0 Å². The fraction of sp³-hybridized carbons (Fsp3) is 1.00. The minimum absolute atomic E-state index is 0.105. The van der Waals surface area contributed by atoms with Gasteiger partial charge in [0.15, 0.2) is 0 Å². The van der Waals surface area contributed by atoms with Crippen LogP contribution in [0.1, 0.15) is 90.4 Å². The predicted octanol–water partition coefficient (Wildman–Crippen LogP) is 5.08. The van der Waals surface area contributed by atoms with Gasteiger partial charge in [-0.25, -0.2) is 0 Å². The van der Waals surface area contributed by atoms with E-state index < -0.39 is 0 Å². The number of ether oxygens (including phenoxy) is 1. The monoisotopic (exact) mass is 284 g/mol. The van der Waals surface area contributed by atoms with Gasteiger partial charge in [0.25, 0.3) is 0 Å². The first-order valence-electron chi connectivity index (χ1n) is 9.00. The van der Waals surface area contributed by atoms with Crippen LogP contribution in [0.3, 0.4) is 0 Å². The molecule has 1 rings (SSSR count). The number of rotatable bonds is 14. The van der Waals surface area contributed by atoms with Crippen LogP contribution in [-0.4, -0.2) is 24.4 Å². The predicted molar refractivity (Wildman–Crippen MR) is 86.0 cm³/mol. The average molecular weight is 284 g/mol. The molecule has 1 aliphatic carbocycles. The van der Waals surface area contributed by atoms with E-state index in [9.17, 15) is 5.11 Å². The van der Waals surface area contributed by atoms with E-state index in [-0.39, 0.29) is 12.2 Å². The summed E-state index contributed by atoms with van der Waals surface area (Å²) in [6, 6.07) is 0. The molecule has 1 fully saturated rings. The molecule has 0 spiro atoms. The zero-order valence-electron chi connectivity index (χ0n) is 13.8. The highest BCUT2D eigenvalue weighted by Gasteiger charge is 2.35. The highest BCUT2D eigenvalue weighted by atomic mass is 16.5. The van der Waals surface area contributed by atoms with Crippen LogP contribution < -0.4 is 0 Å². The Hall–Kier alpha value is -0.0800. The summed E-state index contributed by atoms with van der Waals surface area (Å²) in [6.45, 7) is 2.27. The Kier molecular flexibility index (Phi) is 10.4. The maximum Gasteiger partial charge on any atom is 0.0858 e. The van der Waals surface area contributed by atoms with Crippen molar-refractivity contribution in [3.8, 4) is 0 Å². The van der Waals surface area contributed by atoms with E-state index >= 15 is 0 Å². The Morgan fingerprint density at radius 2 is 1.40 bits per heavy atom. The van der Waals surface area contributed by atoms with E-state index in [1.54, 1.807) is 7.11 Å². The van der Waals surface area contributed by atoms with E-state index in [0.717, 1.165) is 12.8 Å². The third-order valence-corrected chi connectivity index (χ3v) is 4.59. The van der Waals surface area contributed by atoms with Gasteiger partial charge in [0.05, 0.1) is 12.2 Å². The van der Waals surface area contributed by atoms with E-state index in [4.69, 9.17) is 4.74 Å². The summed E-state index contributed by atoms with van der Waals surface area (Å²) in [4.78, 5) is 0. The Morgan fingerprint density at radius 3 is 1.85 bits per heavy atom. The van der Waals surface area contributed by atoms with Crippen LogP contribution >= 0.6 is 0 Å². The molecule has 1 N–H and O–H groups in total. The molecule has 0 amide bonds. The topological polar surface area (TPSA) is 29.5 Å². The second-order valence-corrected chi connectivity index (χ2v) is 6.58. The van der Waals surface area contributed by atoms with Crippen LogP contribution in [0, 0.1) is 5.92 Å². The highest BCUT2D eigenvalue weighted by Crippen LogP contribution is 2.36. The van der Waals surface area contributed by atoms with Crippen LogP contribution in [0.4, 0.5) is 0 Å². The van der Waals surface area contributed by atoms with Crippen molar-refractivity contribution < 1.29 is 9.84 Å². The van der Waals surface area contributed by atoms with Crippen LogP contribution in [-0.2, 0) is 4.74 Å². The summed E-state index contributed by atoms with van der Waals surface area (Å²) in [5.74, 6) is 0.637. The lowest BCUT2D eigenvalue weighted by atomic mass is 10.0. The molecule has 20 heavy (non-hydrogen) atoms. The number of methoxy groups -OCH3 is 1. The zero-order chi connectivity index (χ0) is 14.6. The van der Waals surface area contributed by atoms with Crippen LogP contribution in [0.25, 0.3) is 0 Å². The second kappa shape index (κ2) is 11.6. The summed E-state index contributed by atoms with van der Waals surface area (Å²) in [7, 11) is 1.74. The van der Waals surface area contributed by atoms with Crippen molar-refractivity contribution in [2.75, 3.05) is 7.11 Å². The van der Waals surface area contributed by atoms with E-state index in [0.29, 0.717) is 5.92 Å². The summed E-state index contributed by atoms with van der Waals surface area (Å²) in [6.07, 6.45) is 16.8. The molecular weight excluding hydrogens is 248 g/mol. The quantitative estimate of drug-likeness (QED) is 0.451. The van der Waals surface area contributed by atoms with Crippen molar-refractivity contribution >= 4 is 0 Å². The van der Waals surface area contributed by atoms with Gasteiger partial charge in [0, 0.05) is 7.11 Å². The van der Waals surface area contributed by atoms with Gasteiger partial charge in [-0.2, -0.15) is 0 Å². The van der Waals surface area contributed by atoms with Gasteiger partial charge in [0.2, 0.25) is 0 Å². The lowest BCUT2D eigenvalue weighted by molar-refractivity contribution is -0.0288. The number of hydrogen-bond donors (Lipinski definition) is 1. The molecule has 1 saturated carbocycles. The Morgan fingerprint density at radius 1 is 0.900 bits per heavy atom. The molecule has 0 heterocycles. The first kappa shape index (κ1) is 18.0. The van der Waals surface area contributed by atoms with E-state index in [1.165, 1.54) is 70.6 Å². The number of aliphatic hydroxyl groups excluding tert-OH is 1. The Balaban J connectivity index is 1.84. The summed E-state index contributed by atoms with van der Waals surface area (Å²) in [5.41, 5.74) is 0. The maximum absolute atomic E-state index is 10.1. The zero-order valence-corrected chi connectivity index (χ0v) is 13.8. The van der Waals surface area contributed by atoms with Gasteiger partial charge < -0.3 is 9.84 Å². The number of unbranched alkanes of at least 4 members (excludes halogenated alkanes) is 9. The third-order valence-electron chi connectivity index (χ3n) is 4.59. The Labute approximate surface area is 126 Å². The maximum atomic E-state index is 10.1. The molecule has 2 nitrogen and oxygen atoms in total. The molecule has 120 valence electrons. The van der Waals surface area contributed by atoms with Crippen LogP contribution in [0.15, 0.2) is 0 Å². The molecule has 2 heteroatoms. The SMILES string of the molecule is CCCCCCCCCCCCC(O)C(OC)C1CC1. The molecule has 0 aromatic heterocycles. The number of hydrogen-bond acceptors (Lipinski definition) is 2. The molecule has 0 bridgehead atoms. The smallest absolute Gasteiger partial charge is 0.0858 e. The average Bonchev–Trinajstić information content (AvgIpc) is 3.26.